The van der Waals surface area contributed by atoms with Crippen LogP contribution >= 0.6 is 0 Å². The summed E-state index contributed by atoms with van der Waals surface area (Å²) in [6.45, 7) is 3.70. The van der Waals surface area contributed by atoms with Crippen LogP contribution in [0.4, 0.5) is 21.7 Å². The number of sulfonamides is 1. The van der Waals surface area contributed by atoms with E-state index in [4.69, 9.17) is 15.6 Å². The molecule has 0 saturated carbocycles. The number of rotatable bonds is 10. The average Bonchev–Trinajstić information content (AvgIpc) is 3.42. The number of para-hydroxylation sites is 1. The number of hydrogen-bond acceptors (Lipinski definition) is 9. The summed E-state index contributed by atoms with van der Waals surface area (Å²) in [5.74, 6) is 0.355. The van der Waals surface area contributed by atoms with Gasteiger partial charge in [0.15, 0.2) is 5.82 Å². The number of fused-ring (bicyclic) bond motifs is 1. The SMILES string of the molecule is COc1cc(NS(=O)(=O)Cc2ccc(F)cc2)cc(-c2c(N)ncnc2N[C@@H](C)c2nn3ccc(C)c3c(=O)n2-c2ccccc2)c1. The Kier molecular flexibility index (Phi) is 8.35. The van der Waals surface area contributed by atoms with Gasteiger partial charge in [0.25, 0.3) is 5.56 Å². The molecule has 47 heavy (non-hydrogen) atoms. The summed E-state index contributed by atoms with van der Waals surface area (Å²) in [5, 5.41) is 8.14. The maximum Gasteiger partial charge on any atom is 0.282 e. The van der Waals surface area contributed by atoms with Gasteiger partial charge in [-0.15, -0.1) is 0 Å². The second-order valence-corrected chi connectivity index (χ2v) is 12.6. The number of anilines is 3. The van der Waals surface area contributed by atoms with Crippen LogP contribution in [0.3, 0.4) is 0 Å². The summed E-state index contributed by atoms with van der Waals surface area (Å²) < 4.78 is 50.7. The Morgan fingerprint density at radius 2 is 1.77 bits per heavy atom. The average molecular weight is 655 g/mol. The number of aryl methyl sites for hydroxylation is 1. The first-order valence-corrected chi connectivity index (χ1v) is 16.2. The molecule has 3 heterocycles. The lowest BCUT2D eigenvalue weighted by molar-refractivity contribution is 0.415. The summed E-state index contributed by atoms with van der Waals surface area (Å²) in [7, 11) is -2.45. The van der Waals surface area contributed by atoms with Crippen LogP contribution in [0.1, 0.15) is 29.9 Å². The largest absolute Gasteiger partial charge is 0.497 e. The number of nitrogens with one attached hydrogen (secondary N) is 2. The standard InChI is InChI=1S/C33H31FN8O4S/c1-20-13-14-41-29(20)33(43)42(26-7-5-4-6-8-26)32(39-41)21(2)38-31-28(30(35)36-19-37-31)23-15-25(17-27(16-23)46-3)40-47(44,45)18-22-9-11-24(34)12-10-22/h4-17,19,21,40H,18H2,1-3H3,(H3,35,36,37,38)/t21-/m0/s1. The summed E-state index contributed by atoms with van der Waals surface area (Å²) in [6, 6.07) is 20.5. The second kappa shape index (κ2) is 12.6. The third-order valence-electron chi connectivity index (χ3n) is 7.52. The van der Waals surface area contributed by atoms with Gasteiger partial charge in [0.05, 0.1) is 35.8 Å². The summed E-state index contributed by atoms with van der Waals surface area (Å²) in [6.07, 6.45) is 3.04. The van der Waals surface area contributed by atoms with Crippen LogP contribution in [0.5, 0.6) is 5.75 Å². The fourth-order valence-electron chi connectivity index (χ4n) is 5.34. The molecule has 1 atom stereocenters. The van der Waals surface area contributed by atoms with Crippen molar-refractivity contribution < 1.29 is 17.5 Å². The quantitative estimate of drug-likeness (QED) is 0.183. The topological polar surface area (TPSA) is 159 Å². The highest BCUT2D eigenvalue weighted by Gasteiger charge is 2.23. The van der Waals surface area contributed by atoms with E-state index in [2.05, 4.69) is 20.0 Å². The lowest BCUT2D eigenvalue weighted by Crippen LogP contribution is -2.29. The second-order valence-electron chi connectivity index (χ2n) is 10.9. The van der Waals surface area contributed by atoms with Gasteiger partial charge >= 0.3 is 0 Å². The van der Waals surface area contributed by atoms with Gasteiger partial charge in [0.2, 0.25) is 10.0 Å². The van der Waals surface area contributed by atoms with Crippen molar-refractivity contribution in [2.45, 2.75) is 25.6 Å². The smallest absolute Gasteiger partial charge is 0.282 e. The molecular weight excluding hydrogens is 623 g/mol. The van der Waals surface area contributed by atoms with Crippen molar-refractivity contribution >= 4 is 32.9 Å². The van der Waals surface area contributed by atoms with Crippen LogP contribution in [0.2, 0.25) is 0 Å². The van der Waals surface area contributed by atoms with Gasteiger partial charge in [0.1, 0.15) is 35.0 Å². The molecule has 12 nitrogen and oxygen atoms in total. The van der Waals surface area contributed by atoms with Gasteiger partial charge in [-0.3, -0.25) is 14.1 Å². The highest BCUT2D eigenvalue weighted by molar-refractivity contribution is 7.91. The Bertz CT molecular complexity index is 2260. The minimum absolute atomic E-state index is 0.118. The predicted octanol–water partition coefficient (Wildman–Crippen LogP) is 5.10. The van der Waals surface area contributed by atoms with E-state index < -0.39 is 21.9 Å². The zero-order valence-corrected chi connectivity index (χ0v) is 26.5. The molecule has 0 aliphatic rings. The molecule has 0 unspecified atom stereocenters. The highest BCUT2D eigenvalue weighted by atomic mass is 32.2. The number of hydrogen-bond donors (Lipinski definition) is 3. The minimum atomic E-state index is -3.90. The molecule has 0 spiro atoms. The minimum Gasteiger partial charge on any atom is -0.497 e. The molecule has 6 aromatic rings. The Balaban J connectivity index is 1.39. The molecule has 0 aliphatic heterocycles. The van der Waals surface area contributed by atoms with Crippen molar-refractivity contribution in [2.75, 3.05) is 22.9 Å². The number of nitrogen functional groups attached to an aromatic ring is 1. The van der Waals surface area contributed by atoms with E-state index in [1.807, 2.05) is 50.2 Å². The molecule has 14 heteroatoms. The summed E-state index contributed by atoms with van der Waals surface area (Å²) >= 11 is 0. The molecule has 0 fully saturated rings. The first kappa shape index (κ1) is 31.2. The van der Waals surface area contributed by atoms with Crippen molar-refractivity contribution in [1.29, 1.82) is 0 Å². The molecule has 0 bridgehead atoms. The number of ether oxygens (including phenoxy) is 1. The summed E-state index contributed by atoms with van der Waals surface area (Å²) in [4.78, 5) is 22.5. The number of nitrogens with zero attached hydrogens (tertiary/aromatic N) is 5. The summed E-state index contributed by atoms with van der Waals surface area (Å²) in [5.41, 5.74) is 9.53. The molecule has 3 aromatic carbocycles. The van der Waals surface area contributed by atoms with Crippen molar-refractivity contribution in [2.24, 2.45) is 0 Å². The van der Waals surface area contributed by atoms with Crippen LogP contribution < -0.4 is 26.1 Å². The molecule has 0 amide bonds. The molecule has 0 saturated heterocycles. The molecule has 4 N–H and O–H groups in total. The fourth-order valence-corrected chi connectivity index (χ4v) is 6.52. The molecule has 0 aliphatic carbocycles. The van der Waals surface area contributed by atoms with Gasteiger partial charge in [-0.1, -0.05) is 30.3 Å². The first-order chi connectivity index (χ1) is 22.5. The van der Waals surface area contributed by atoms with Crippen molar-refractivity contribution in [3.8, 4) is 22.6 Å². The van der Waals surface area contributed by atoms with E-state index in [0.717, 1.165) is 5.56 Å². The monoisotopic (exact) mass is 654 g/mol. The Hall–Kier alpha value is -5.76. The molecule has 0 radical (unpaired) electrons. The highest BCUT2D eigenvalue weighted by Crippen LogP contribution is 2.37. The van der Waals surface area contributed by atoms with E-state index in [1.165, 1.54) is 43.8 Å². The lowest BCUT2D eigenvalue weighted by atomic mass is 10.1. The maximum absolute atomic E-state index is 13.8. The van der Waals surface area contributed by atoms with E-state index in [9.17, 15) is 17.6 Å². The van der Waals surface area contributed by atoms with E-state index in [0.29, 0.717) is 45.3 Å². The number of nitrogens with two attached hydrogens (primary N) is 1. The zero-order chi connectivity index (χ0) is 33.3. The Morgan fingerprint density at radius 3 is 2.49 bits per heavy atom. The molecule has 3 aromatic heterocycles. The van der Waals surface area contributed by atoms with Crippen LogP contribution in [-0.4, -0.2) is 39.7 Å². The van der Waals surface area contributed by atoms with Crippen molar-refractivity contribution in [3.63, 3.8) is 0 Å². The van der Waals surface area contributed by atoms with Crippen LogP contribution in [0.25, 0.3) is 22.3 Å². The van der Waals surface area contributed by atoms with Gasteiger partial charge in [-0.25, -0.2) is 27.3 Å². The van der Waals surface area contributed by atoms with Crippen LogP contribution in [-0.2, 0) is 15.8 Å². The predicted molar refractivity (Wildman–Crippen MR) is 179 cm³/mol. The Morgan fingerprint density at radius 1 is 1.02 bits per heavy atom. The number of aromatic nitrogens is 5. The van der Waals surface area contributed by atoms with Gasteiger partial charge in [0, 0.05) is 12.3 Å². The van der Waals surface area contributed by atoms with E-state index in [1.54, 1.807) is 27.4 Å². The lowest BCUT2D eigenvalue weighted by Gasteiger charge is -2.21. The molecular formula is C33H31FN8O4S. The van der Waals surface area contributed by atoms with Crippen LogP contribution in [0, 0.1) is 12.7 Å². The Labute approximate surface area is 269 Å². The normalized spacial score (nSPS) is 12.2. The van der Waals surface area contributed by atoms with Crippen molar-refractivity contribution in [1.82, 2.24) is 24.1 Å². The number of benzene rings is 3. The zero-order valence-electron chi connectivity index (χ0n) is 25.7. The number of methoxy groups -OCH3 is 1. The number of halogens is 1. The van der Waals surface area contributed by atoms with Crippen molar-refractivity contribution in [3.05, 3.63) is 125 Å². The van der Waals surface area contributed by atoms with E-state index in [-0.39, 0.29) is 22.8 Å². The van der Waals surface area contributed by atoms with Crippen LogP contribution in [0.15, 0.2) is 96.2 Å². The third-order valence-corrected chi connectivity index (χ3v) is 8.78. The molecule has 240 valence electrons. The van der Waals surface area contributed by atoms with Gasteiger partial charge in [-0.2, -0.15) is 5.10 Å². The molecule has 6 rings (SSSR count). The van der Waals surface area contributed by atoms with Gasteiger partial charge in [-0.05, 0) is 73.0 Å². The van der Waals surface area contributed by atoms with E-state index >= 15 is 0 Å². The first-order valence-electron chi connectivity index (χ1n) is 14.5. The fraction of sp³-hybridized carbons (Fsp3) is 0.152. The third kappa shape index (κ3) is 6.49. The maximum atomic E-state index is 13.8. The van der Waals surface area contributed by atoms with Gasteiger partial charge < -0.3 is 15.8 Å².